The first kappa shape index (κ1) is 24.2. The van der Waals surface area contributed by atoms with Crippen LogP contribution in [0.4, 0.5) is 0 Å². The molecule has 2 aromatic rings. The van der Waals surface area contributed by atoms with Gasteiger partial charge in [-0.3, -0.25) is 14.5 Å². The summed E-state index contributed by atoms with van der Waals surface area (Å²) in [6.45, 7) is 8.40. The van der Waals surface area contributed by atoms with Gasteiger partial charge in [0.2, 0.25) is 11.8 Å². The molecule has 2 fully saturated rings. The Kier molecular flexibility index (Phi) is 7.85. The highest BCUT2D eigenvalue weighted by Gasteiger charge is 2.46. The number of rotatable bonds is 10. The molecule has 2 amide bonds. The number of carbonyl (C=O) groups is 2. The molecule has 2 heterocycles. The Morgan fingerprint density at radius 3 is 2.56 bits per heavy atom. The second kappa shape index (κ2) is 11.0. The maximum Gasteiger partial charge on any atom is 0.246 e. The highest BCUT2D eigenvalue weighted by atomic mass is 16.5. The summed E-state index contributed by atoms with van der Waals surface area (Å²) in [6, 6.07) is 15.3. The minimum atomic E-state index is -0.492. The Bertz CT molecular complexity index is 993. The van der Waals surface area contributed by atoms with Gasteiger partial charge in [0, 0.05) is 37.7 Å². The zero-order valence-corrected chi connectivity index (χ0v) is 20.4. The zero-order valence-electron chi connectivity index (χ0n) is 20.4. The monoisotopic (exact) mass is 464 g/mol. The third-order valence-electron chi connectivity index (χ3n) is 7.01. The Morgan fingerprint density at radius 2 is 1.85 bits per heavy atom. The molecular weight excluding hydrogens is 428 g/mol. The van der Waals surface area contributed by atoms with Crippen molar-refractivity contribution in [1.82, 2.24) is 20.4 Å². The summed E-state index contributed by atoms with van der Waals surface area (Å²) in [5.41, 5.74) is 3.40. The van der Waals surface area contributed by atoms with Crippen LogP contribution in [0.5, 0.6) is 5.75 Å². The first-order chi connectivity index (χ1) is 16.5. The fraction of sp³-hybridized carbons (Fsp3) is 0.481. The van der Waals surface area contributed by atoms with Gasteiger partial charge >= 0.3 is 0 Å². The third-order valence-corrected chi connectivity index (χ3v) is 7.01. The van der Waals surface area contributed by atoms with Crippen LogP contribution in [0.1, 0.15) is 37.0 Å². The maximum atomic E-state index is 13.1. The average molecular weight is 465 g/mol. The van der Waals surface area contributed by atoms with Crippen molar-refractivity contribution in [2.45, 2.75) is 57.9 Å². The minimum Gasteiger partial charge on any atom is -0.496 e. The molecule has 0 spiro atoms. The summed E-state index contributed by atoms with van der Waals surface area (Å²) < 4.78 is 5.57. The normalized spacial score (nSPS) is 22.1. The number of hydrogen-bond donors (Lipinski definition) is 2. The minimum absolute atomic E-state index is 0.0173. The summed E-state index contributed by atoms with van der Waals surface area (Å²) in [7, 11) is 1.71. The number of benzene rings is 2. The van der Waals surface area contributed by atoms with Crippen LogP contribution in [-0.2, 0) is 29.1 Å². The highest BCUT2D eigenvalue weighted by molar-refractivity contribution is 5.97. The van der Waals surface area contributed by atoms with Crippen LogP contribution in [0, 0.1) is 0 Å². The van der Waals surface area contributed by atoms with E-state index in [1.54, 1.807) is 12.0 Å². The largest absolute Gasteiger partial charge is 0.496 e. The maximum absolute atomic E-state index is 13.1. The van der Waals surface area contributed by atoms with E-state index in [9.17, 15) is 9.59 Å². The van der Waals surface area contributed by atoms with Crippen molar-refractivity contribution in [3.05, 3.63) is 65.2 Å². The Balaban J connectivity index is 1.37. The number of ether oxygens (including phenoxy) is 1. The third kappa shape index (κ3) is 5.42. The predicted octanol–water partition coefficient (Wildman–Crippen LogP) is 2.34. The van der Waals surface area contributed by atoms with E-state index in [0.717, 1.165) is 30.9 Å². The number of methoxy groups -OCH3 is 1. The zero-order chi connectivity index (χ0) is 24.1. The second-order valence-electron chi connectivity index (χ2n) is 9.18. The lowest BCUT2D eigenvalue weighted by Gasteiger charge is -2.34. The SMILES string of the molecule is CCN(CC)Cc1cc(CN[C@H]2C[C@H]3C(=O)N[C@H](Cc4ccccc4)C(=O)N3C2)ccc1OC. The fourth-order valence-corrected chi connectivity index (χ4v) is 5.01. The standard InChI is InChI=1S/C27H36N4O3/c1-4-30(5-2)17-21-13-20(11-12-25(21)34-3)16-28-22-15-24-26(32)29-23(27(33)31(24)18-22)14-19-9-7-6-8-10-19/h6-13,22-24,28H,4-5,14-18H2,1-3H3,(H,29,32)/t22-,23+,24-/m0/s1. The lowest BCUT2D eigenvalue weighted by molar-refractivity contribution is -0.147. The van der Waals surface area contributed by atoms with Gasteiger partial charge in [0.25, 0.3) is 0 Å². The lowest BCUT2D eigenvalue weighted by atomic mass is 10.0. The molecule has 3 atom stereocenters. The van der Waals surface area contributed by atoms with Gasteiger partial charge in [0.1, 0.15) is 17.8 Å². The van der Waals surface area contributed by atoms with Crippen LogP contribution < -0.4 is 15.4 Å². The van der Waals surface area contributed by atoms with Crippen molar-refractivity contribution in [2.24, 2.45) is 0 Å². The molecule has 7 heteroatoms. The van der Waals surface area contributed by atoms with Crippen molar-refractivity contribution in [1.29, 1.82) is 0 Å². The molecule has 2 saturated heterocycles. The summed E-state index contributed by atoms with van der Waals surface area (Å²) in [5, 5.41) is 6.53. The van der Waals surface area contributed by atoms with Gasteiger partial charge < -0.3 is 20.3 Å². The molecule has 0 radical (unpaired) electrons. The summed E-state index contributed by atoms with van der Waals surface area (Å²) in [5.74, 6) is 0.875. The quantitative estimate of drug-likeness (QED) is 0.565. The van der Waals surface area contributed by atoms with Gasteiger partial charge in [0.15, 0.2) is 0 Å². The number of hydrogen-bond acceptors (Lipinski definition) is 5. The van der Waals surface area contributed by atoms with Crippen molar-refractivity contribution >= 4 is 11.8 Å². The molecule has 2 N–H and O–H groups in total. The van der Waals surface area contributed by atoms with E-state index in [0.29, 0.717) is 25.9 Å². The molecule has 182 valence electrons. The molecule has 34 heavy (non-hydrogen) atoms. The topological polar surface area (TPSA) is 73.9 Å². The first-order valence-corrected chi connectivity index (χ1v) is 12.3. The van der Waals surface area contributed by atoms with Crippen molar-refractivity contribution < 1.29 is 14.3 Å². The Hall–Kier alpha value is -2.90. The summed E-state index contributed by atoms with van der Waals surface area (Å²) >= 11 is 0. The number of amides is 2. The van der Waals surface area contributed by atoms with Crippen LogP contribution >= 0.6 is 0 Å². The molecule has 4 rings (SSSR count). The van der Waals surface area contributed by atoms with E-state index in [2.05, 4.69) is 41.5 Å². The Morgan fingerprint density at radius 1 is 1.09 bits per heavy atom. The van der Waals surface area contributed by atoms with E-state index in [1.165, 1.54) is 11.1 Å². The fourth-order valence-electron chi connectivity index (χ4n) is 5.01. The van der Waals surface area contributed by atoms with E-state index in [4.69, 9.17) is 4.74 Å². The second-order valence-corrected chi connectivity index (χ2v) is 9.18. The molecule has 0 unspecified atom stereocenters. The molecule has 2 aromatic carbocycles. The van der Waals surface area contributed by atoms with Crippen molar-refractivity contribution in [3.8, 4) is 5.75 Å². The van der Waals surface area contributed by atoms with Crippen LogP contribution in [0.25, 0.3) is 0 Å². The van der Waals surface area contributed by atoms with E-state index >= 15 is 0 Å². The average Bonchev–Trinajstić information content (AvgIpc) is 3.30. The number of piperazine rings is 1. The van der Waals surface area contributed by atoms with Gasteiger partial charge in [0.05, 0.1) is 7.11 Å². The van der Waals surface area contributed by atoms with Crippen LogP contribution in [0.15, 0.2) is 48.5 Å². The van der Waals surface area contributed by atoms with Crippen molar-refractivity contribution in [3.63, 3.8) is 0 Å². The molecule has 0 aromatic heterocycles. The number of fused-ring (bicyclic) bond motifs is 1. The van der Waals surface area contributed by atoms with Crippen LogP contribution in [-0.4, -0.2) is 66.5 Å². The highest BCUT2D eigenvalue weighted by Crippen LogP contribution is 2.25. The number of carbonyl (C=O) groups excluding carboxylic acids is 2. The van der Waals surface area contributed by atoms with Crippen LogP contribution in [0.3, 0.4) is 0 Å². The van der Waals surface area contributed by atoms with Gasteiger partial charge in [-0.15, -0.1) is 0 Å². The van der Waals surface area contributed by atoms with Crippen LogP contribution in [0.2, 0.25) is 0 Å². The molecule has 0 bridgehead atoms. The van der Waals surface area contributed by atoms with Crippen molar-refractivity contribution in [2.75, 3.05) is 26.7 Å². The molecule has 7 nitrogen and oxygen atoms in total. The molecule has 0 aliphatic carbocycles. The first-order valence-electron chi connectivity index (χ1n) is 12.3. The molecule has 2 aliphatic heterocycles. The summed E-state index contributed by atoms with van der Waals surface area (Å²) in [6.07, 6.45) is 1.16. The van der Waals surface area contributed by atoms with Gasteiger partial charge in [-0.25, -0.2) is 0 Å². The number of nitrogens with zero attached hydrogens (tertiary/aromatic N) is 2. The van der Waals surface area contributed by atoms with E-state index in [-0.39, 0.29) is 23.9 Å². The number of nitrogens with one attached hydrogen (secondary N) is 2. The molecule has 0 saturated carbocycles. The van der Waals surface area contributed by atoms with E-state index in [1.807, 2.05) is 36.4 Å². The van der Waals surface area contributed by atoms with Gasteiger partial charge in [-0.2, -0.15) is 0 Å². The predicted molar refractivity (Wildman–Crippen MR) is 132 cm³/mol. The lowest BCUT2D eigenvalue weighted by Crippen LogP contribution is -2.61. The summed E-state index contributed by atoms with van der Waals surface area (Å²) in [4.78, 5) is 30.0. The smallest absolute Gasteiger partial charge is 0.246 e. The molecule has 2 aliphatic rings. The molecular formula is C27H36N4O3. The Labute approximate surface area is 202 Å². The van der Waals surface area contributed by atoms with Gasteiger partial charge in [-0.05, 0) is 42.8 Å². The van der Waals surface area contributed by atoms with Gasteiger partial charge in [-0.1, -0.05) is 50.2 Å². The van der Waals surface area contributed by atoms with E-state index < -0.39 is 6.04 Å².